The van der Waals surface area contributed by atoms with Gasteiger partial charge in [-0.2, -0.15) is 17.6 Å². The molecule has 0 fully saturated rings. The zero-order valence-corrected chi connectivity index (χ0v) is 39.6. The second-order valence-electron chi connectivity index (χ2n) is 15.8. The van der Waals surface area contributed by atoms with Crippen molar-refractivity contribution in [2.24, 2.45) is 16.5 Å². The normalized spacial score (nSPS) is 13.2. The SMILES string of the molecule is NC(N)=NCCC[C@@H](NC(=O)[C@@H](CCC(=O)O)NC(=O)CC[C@H](NC(=O)c1ccc(NCc2cnc3nc(N)[nH]c(=O)c3n2)cc1)C(=O)O)C(=O)N[C@H](CC(=O)O)C(=O)N[C@H](CC(=O)O)C(=O)N[C@H](CS)C(=O)O. The maximum absolute atomic E-state index is 13.7. The van der Waals surface area contributed by atoms with E-state index in [1.165, 1.54) is 30.5 Å². The number of amides is 6. The summed E-state index contributed by atoms with van der Waals surface area (Å²) in [5.41, 5.74) is 16.5. The number of carboxylic acid groups (broad SMARTS) is 5. The van der Waals surface area contributed by atoms with Crippen LogP contribution in [0.25, 0.3) is 11.2 Å². The summed E-state index contributed by atoms with van der Waals surface area (Å²) < 4.78 is 0. The van der Waals surface area contributed by atoms with Crippen LogP contribution in [0, 0.1) is 0 Å². The number of nitrogens with zero attached hydrogens (tertiary/aromatic N) is 4. The molecule has 32 nitrogen and oxygen atoms in total. The number of aromatic amines is 1. The fourth-order valence-corrected chi connectivity index (χ4v) is 6.63. The number of nitrogen functional groups attached to an aromatic ring is 1. The summed E-state index contributed by atoms with van der Waals surface area (Å²) in [6.07, 6.45) is -3.95. The summed E-state index contributed by atoms with van der Waals surface area (Å²) >= 11 is 3.79. The number of benzene rings is 1. The van der Waals surface area contributed by atoms with E-state index < -0.39 is 151 Å². The molecule has 0 radical (unpaired) electrons. The molecule has 74 heavy (non-hydrogen) atoms. The number of guanidine groups is 1. The molecule has 2 heterocycles. The lowest BCUT2D eigenvalue weighted by Crippen LogP contribution is -2.59. The molecule has 400 valence electrons. The second-order valence-corrected chi connectivity index (χ2v) is 16.1. The number of aromatic nitrogens is 4. The molecule has 0 aliphatic heterocycles. The summed E-state index contributed by atoms with van der Waals surface area (Å²) in [5.74, 6) is -15.9. The van der Waals surface area contributed by atoms with Crippen molar-refractivity contribution in [2.45, 2.75) is 94.2 Å². The summed E-state index contributed by atoms with van der Waals surface area (Å²) in [7, 11) is 0. The standard InChI is InChI=1S/C41H53N15O17S/c42-40(43)45-11-1-2-20(33(65)52-23(12-28(60)61)35(67)53-24(13-29(62)63)36(68)54-25(16-74)39(72)73)50-34(66)21(8-10-27(58)59)49-26(57)9-7-22(38(70)71)51-32(64)17-3-5-18(6-4-17)46-14-19-15-47-31-30(48-19)37(69)56-41(44)55-31/h3-6,15,20-25,46,74H,1-2,7-14,16H2,(H,49,57)(H,50,66)(H,51,64)(H,52,65)(H,53,67)(H,54,68)(H,58,59)(H,60,61)(H,62,63)(H,70,71)(H,72,73)(H4,42,43,45)(H3,44,47,55,56,69)/t20-,21-,22+,23-,24-,25-/m1/s1. The minimum Gasteiger partial charge on any atom is -0.481 e. The number of carboxylic acids is 5. The Morgan fingerprint density at radius 2 is 1.18 bits per heavy atom. The monoisotopic (exact) mass is 1060 g/mol. The fourth-order valence-electron chi connectivity index (χ4n) is 6.38. The van der Waals surface area contributed by atoms with Crippen LogP contribution >= 0.6 is 12.6 Å². The lowest BCUT2D eigenvalue weighted by Gasteiger charge is -2.26. The van der Waals surface area contributed by atoms with Crippen LogP contribution in [-0.2, 0) is 54.5 Å². The van der Waals surface area contributed by atoms with Gasteiger partial charge in [-0.15, -0.1) is 0 Å². The number of aliphatic carboxylic acids is 5. The molecule has 0 unspecified atom stereocenters. The smallest absolute Gasteiger partial charge is 0.327 e. The molecular weight excluding hydrogens is 1010 g/mol. The number of anilines is 2. The van der Waals surface area contributed by atoms with Crippen molar-refractivity contribution in [3.63, 3.8) is 0 Å². The summed E-state index contributed by atoms with van der Waals surface area (Å²) in [4.78, 5) is 169. The molecule has 0 aliphatic carbocycles. The van der Waals surface area contributed by atoms with Gasteiger partial charge in [0.15, 0.2) is 17.1 Å². The highest BCUT2D eigenvalue weighted by atomic mass is 32.1. The third-order valence-corrected chi connectivity index (χ3v) is 10.4. The molecule has 0 spiro atoms. The van der Waals surface area contributed by atoms with E-state index in [-0.39, 0.29) is 54.6 Å². The molecule has 0 saturated heterocycles. The van der Waals surface area contributed by atoms with E-state index in [2.05, 4.69) is 64.1 Å². The van der Waals surface area contributed by atoms with Gasteiger partial charge in [0.1, 0.15) is 36.3 Å². The number of carbonyl (C=O) groups is 11. The number of fused-ring (bicyclic) bond motifs is 1. The van der Waals surface area contributed by atoms with Crippen molar-refractivity contribution < 1.29 is 78.3 Å². The van der Waals surface area contributed by atoms with Gasteiger partial charge < -0.3 is 80.0 Å². The first-order valence-corrected chi connectivity index (χ1v) is 22.4. The molecule has 0 aliphatic rings. The average Bonchev–Trinajstić information content (AvgIpc) is 3.32. The summed E-state index contributed by atoms with van der Waals surface area (Å²) in [6.45, 7) is -0.0595. The Bertz CT molecular complexity index is 2680. The molecule has 0 bridgehead atoms. The first-order valence-electron chi connectivity index (χ1n) is 21.8. The molecule has 6 atom stereocenters. The number of nitrogens with one attached hydrogen (secondary N) is 8. The quantitative estimate of drug-likeness (QED) is 0.0124. The zero-order valence-electron chi connectivity index (χ0n) is 38.7. The van der Waals surface area contributed by atoms with Crippen LogP contribution in [0.15, 0.2) is 40.2 Å². The van der Waals surface area contributed by atoms with Crippen molar-refractivity contribution in [3.05, 3.63) is 52.1 Å². The van der Waals surface area contributed by atoms with Crippen LogP contribution in [0.2, 0.25) is 0 Å². The molecule has 2 aromatic heterocycles. The number of rotatable bonds is 31. The van der Waals surface area contributed by atoms with Gasteiger partial charge in [0.25, 0.3) is 11.5 Å². The topological polar surface area (TPSA) is 535 Å². The van der Waals surface area contributed by atoms with Crippen molar-refractivity contribution in [3.8, 4) is 0 Å². The molecule has 3 aromatic rings. The van der Waals surface area contributed by atoms with E-state index in [0.29, 0.717) is 11.4 Å². The fraction of sp³-hybridized carbons (Fsp3) is 0.415. The Hall–Kier alpha value is -9.17. The highest BCUT2D eigenvalue weighted by Gasteiger charge is 2.34. The lowest BCUT2D eigenvalue weighted by atomic mass is 10.1. The van der Waals surface area contributed by atoms with Gasteiger partial charge in [-0.05, 0) is 49.9 Å². The maximum atomic E-state index is 13.7. The minimum atomic E-state index is -2.08. The van der Waals surface area contributed by atoms with Crippen LogP contribution in [0.1, 0.15) is 67.4 Å². The van der Waals surface area contributed by atoms with Gasteiger partial charge in [-0.1, -0.05) is 0 Å². The van der Waals surface area contributed by atoms with Crippen LogP contribution in [0.3, 0.4) is 0 Å². The van der Waals surface area contributed by atoms with Gasteiger partial charge in [0.2, 0.25) is 35.5 Å². The van der Waals surface area contributed by atoms with Crippen molar-refractivity contribution in [2.75, 3.05) is 23.3 Å². The van der Waals surface area contributed by atoms with Crippen molar-refractivity contribution >= 4 is 107 Å². The van der Waals surface area contributed by atoms with E-state index >= 15 is 0 Å². The number of nitrogens with two attached hydrogens (primary N) is 3. The van der Waals surface area contributed by atoms with E-state index in [1.807, 2.05) is 10.6 Å². The van der Waals surface area contributed by atoms with Gasteiger partial charge in [-0.25, -0.2) is 19.6 Å². The number of hydrogen-bond acceptors (Lipinski definition) is 19. The summed E-state index contributed by atoms with van der Waals surface area (Å²) in [6, 6.07) is -5.16. The predicted molar refractivity (Wildman–Crippen MR) is 257 cm³/mol. The van der Waals surface area contributed by atoms with Gasteiger partial charge in [0.05, 0.1) is 31.3 Å². The van der Waals surface area contributed by atoms with E-state index in [0.717, 1.165) is 0 Å². The molecule has 19 N–H and O–H groups in total. The first-order chi connectivity index (χ1) is 34.9. The third kappa shape index (κ3) is 19.9. The zero-order chi connectivity index (χ0) is 55.2. The van der Waals surface area contributed by atoms with Crippen LogP contribution in [-0.4, -0.2) is 165 Å². The highest BCUT2D eigenvalue weighted by Crippen LogP contribution is 2.13. The molecule has 33 heteroatoms. The lowest BCUT2D eigenvalue weighted by molar-refractivity contribution is -0.144. The van der Waals surface area contributed by atoms with Crippen molar-refractivity contribution in [1.82, 2.24) is 51.8 Å². The minimum absolute atomic E-state index is 0.00881. The van der Waals surface area contributed by atoms with Crippen LogP contribution in [0.4, 0.5) is 11.6 Å². The van der Waals surface area contributed by atoms with Crippen LogP contribution in [0.5, 0.6) is 0 Å². The summed E-state index contributed by atoms with van der Waals surface area (Å²) in [5, 5.41) is 63.3. The number of H-pyrrole nitrogens is 1. The number of thiol groups is 1. The maximum Gasteiger partial charge on any atom is 0.327 e. The third-order valence-electron chi connectivity index (χ3n) is 10.1. The highest BCUT2D eigenvalue weighted by molar-refractivity contribution is 7.80. The van der Waals surface area contributed by atoms with E-state index in [1.54, 1.807) is 0 Å². The largest absolute Gasteiger partial charge is 0.481 e. The van der Waals surface area contributed by atoms with Gasteiger partial charge in [0, 0.05) is 36.4 Å². The Balaban J connectivity index is 1.73. The molecular formula is C41H53N15O17S. The van der Waals surface area contributed by atoms with E-state index in [4.69, 9.17) is 17.2 Å². The van der Waals surface area contributed by atoms with Crippen molar-refractivity contribution in [1.29, 1.82) is 0 Å². The molecule has 6 amide bonds. The molecule has 0 saturated carbocycles. The predicted octanol–water partition coefficient (Wildman–Crippen LogP) is -4.82. The van der Waals surface area contributed by atoms with Crippen LogP contribution < -0.4 is 60.0 Å². The Morgan fingerprint density at radius 3 is 1.70 bits per heavy atom. The Kier molecular flexibility index (Phi) is 22.9. The van der Waals surface area contributed by atoms with E-state index in [9.17, 15) is 83.1 Å². The van der Waals surface area contributed by atoms with Gasteiger partial charge in [-0.3, -0.25) is 57.9 Å². The number of carbonyl (C=O) groups excluding carboxylic acids is 6. The average molecular weight is 1060 g/mol. The number of aliphatic imine (C=N–C) groups is 1. The van der Waals surface area contributed by atoms with Gasteiger partial charge >= 0.3 is 29.8 Å². The second kappa shape index (κ2) is 28.6. The first kappa shape index (κ1) is 59.1. The number of hydrogen-bond donors (Lipinski definition) is 17. The Morgan fingerprint density at radius 1 is 0.649 bits per heavy atom. The Labute approximate surface area is 421 Å². The molecule has 1 aromatic carbocycles. The molecule has 3 rings (SSSR count).